The summed E-state index contributed by atoms with van der Waals surface area (Å²) in [6, 6.07) is 8.88. The van der Waals surface area contributed by atoms with Crippen LogP contribution in [0.15, 0.2) is 28.7 Å². The zero-order valence-electron chi connectivity index (χ0n) is 8.99. The van der Waals surface area contributed by atoms with E-state index in [1.165, 1.54) is 5.56 Å². The first-order chi connectivity index (χ1) is 7.15. The summed E-state index contributed by atoms with van der Waals surface area (Å²) in [6.45, 7) is 2.15. The predicted molar refractivity (Wildman–Crippen MR) is 66.8 cm³/mol. The maximum Gasteiger partial charge on any atom is 0.0211 e. The zero-order chi connectivity index (χ0) is 10.8. The highest BCUT2D eigenvalue weighted by atomic mass is 79.9. The molecule has 1 aliphatic heterocycles. The van der Waals surface area contributed by atoms with Gasteiger partial charge in [0.25, 0.3) is 0 Å². The third-order valence-electron chi connectivity index (χ3n) is 3.09. The van der Waals surface area contributed by atoms with Crippen LogP contribution < -0.4 is 5.73 Å². The molecule has 3 heteroatoms. The highest BCUT2D eigenvalue weighted by Gasteiger charge is 2.27. The van der Waals surface area contributed by atoms with E-state index in [-0.39, 0.29) is 0 Å². The normalized spacial score (nSPS) is 27.1. The Labute approximate surface area is 99.6 Å². The minimum Gasteiger partial charge on any atom is -0.326 e. The lowest BCUT2D eigenvalue weighted by Gasteiger charge is -2.13. The lowest BCUT2D eigenvalue weighted by atomic mass is 9.95. The Bertz CT molecular complexity index is 323. The van der Waals surface area contributed by atoms with E-state index < -0.39 is 0 Å². The molecule has 82 valence electrons. The first kappa shape index (κ1) is 11.1. The summed E-state index contributed by atoms with van der Waals surface area (Å²) < 4.78 is 1.14. The summed E-state index contributed by atoms with van der Waals surface area (Å²) in [4.78, 5) is 2.31. The van der Waals surface area contributed by atoms with Gasteiger partial charge in [0.1, 0.15) is 0 Å². The molecule has 2 rings (SSSR count). The minimum atomic E-state index is 0.332. The van der Waals surface area contributed by atoms with E-state index in [1.807, 2.05) is 0 Å². The van der Waals surface area contributed by atoms with Crippen LogP contribution in [0.25, 0.3) is 0 Å². The summed E-state index contributed by atoms with van der Waals surface area (Å²) in [5.74, 6) is 0.608. The minimum absolute atomic E-state index is 0.332. The van der Waals surface area contributed by atoms with Crippen molar-refractivity contribution >= 4 is 15.9 Å². The molecule has 1 fully saturated rings. The number of likely N-dealkylation sites (tertiary alicyclic amines) is 1. The van der Waals surface area contributed by atoms with E-state index in [2.05, 4.69) is 52.1 Å². The predicted octanol–water partition coefficient (Wildman–Crippen LogP) is 1.88. The first-order valence-corrected chi connectivity index (χ1v) is 6.13. The van der Waals surface area contributed by atoms with Gasteiger partial charge in [-0.05, 0) is 37.1 Å². The van der Waals surface area contributed by atoms with Crippen molar-refractivity contribution in [1.82, 2.24) is 4.90 Å². The van der Waals surface area contributed by atoms with Crippen LogP contribution in [0.2, 0.25) is 0 Å². The maximum absolute atomic E-state index is 6.10. The highest BCUT2D eigenvalue weighted by Crippen LogP contribution is 2.20. The number of benzene rings is 1. The Morgan fingerprint density at radius 3 is 2.53 bits per heavy atom. The molecule has 2 atom stereocenters. The molecular formula is C12H17BrN2. The Balaban J connectivity index is 2.00. The number of hydrogen-bond donors (Lipinski definition) is 1. The second kappa shape index (κ2) is 4.64. The van der Waals surface area contributed by atoms with Crippen molar-refractivity contribution in [3.8, 4) is 0 Å². The van der Waals surface area contributed by atoms with Crippen molar-refractivity contribution in [2.24, 2.45) is 11.7 Å². The standard InChI is InChI=1S/C12H17BrN2/c1-15-7-10(12(14)8-15)6-9-2-4-11(13)5-3-9/h2-5,10,12H,6-8,14H2,1H3. The van der Waals surface area contributed by atoms with Gasteiger partial charge in [0.05, 0.1) is 0 Å². The summed E-state index contributed by atoms with van der Waals surface area (Å²) in [7, 11) is 2.14. The molecule has 0 radical (unpaired) electrons. The van der Waals surface area contributed by atoms with Crippen molar-refractivity contribution in [3.63, 3.8) is 0 Å². The van der Waals surface area contributed by atoms with E-state index in [1.54, 1.807) is 0 Å². The molecule has 1 saturated heterocycles. The van der Waals surface area contributed by atoms with Crippen LogP contribution in [0.3, 0.4) is 0 Å². The fourth-order valence-electron chi connectivity index (χ4n) is 2.26. The second-order valence-electron chi connectivity index (χ2n) is 4.48. The number of likely N-dealkylation sites (N-methyl/N-ethyl adjacent to an activating group) is 1. The first-order valence-electron chi connectivity index (χ1n) is 5.33. The van der Waals surface area contributed by atoms with E-state index in [0.717, 1.165) is 24.0 Å². The molecule has 1 heterocycles. The molecular weight excluding hydrogens is 252 g/mol. The molecule has 0 amide bonds. The third-order valence-corrected chi connectivity index (χ3v) is 3.61. The average Bonchev–Trinajstić information content (AvgIpc) is 2.49. The lowest BCUT2D eigenvalue weighted by molar-refractivity contribution is 0.394. The van der Waals surface area contributed by atoms with Gasteiger partial charge in [-0.3, -0.25) is 0 Å². The van der Waals surface area contributed by atoms with Gasteiger partial charge in [-0.25, -0.2) is 0 Å². The van der Waals surface area contributed by atoms with Gasteiger partial charge in [0.15, 0.2) is 0 Å². The van der Waals surface area contributed by atoms with E-state index in [9.17, 15) is 0 Å². The summed E-state index contributed by atoms with van der Waals surface area (Å²) >= 11 is 3.45. The number of nitrogens with two attached hydrogens (primary N) is 1. The van der Waals surface area contributed by atoms with E-state index in [0.29, 0.717) is 12.0 Å². The second-order valence-corrected chi connectivity index (χ2v) is 5.39. The molecule has 0 spiro atoms. The fraction of sp³-hybridized carbons (Fsp3) is 0.500. The van der Waals surface area contributed by atoms with Gasteiger partial charge in [0.2, 0.25) is 0 Å². The molecule has 1 aliphatic rings. The molecule has 2 unspecified atom stereocenters. The Morgan fingerprint density at radius 2 is 2.00 bits per heavy atom. The summed E-state index contributed by atoms with van der Waals surface area (Å²) in [5, 5.41) is 0. The molecule has 2 N–H and O–H groups in total. The number of halogens is 1. The van der Waals surface area contributed by atoms with Gasteiger partial charge in [-0.15, -0.1) is 0 Å². The van der Waals surface area contributed by atoms with Crippen molar-refractivity contribution in [2.75, 3.05) is 20.1 Å². The smallest absolute Gasteiger partial charge is 0.0211 e. The maximum atomic E-state index is 6.10. The van der Waals surface area contributed by atoms with Crippen molar-refractivity contribution < 1.29 is 0 Å². The number of rotatable bonds is 2. The monoisotopic (exact) mass is 268 g/mol. The number of nitrogens with zero attached hydrogens (tertiary/aromatic N) is 1. The van der Waals surface area contributed by atoms with Crippen LogP contribution in [0.4, 0.5) is 0 Å². The molecule has 0 saturated carbocycles. The number of hydrogen-bond acceptors (Lipinski definition) is 2. The van der Waals surface area contributed by atoms with Crippen LogP contribution in [-0.4, -0.2) is 31.1 Å². The topological polar surface area (TPSA) is 29.3 Å². The lowest BCUT2D eigenvalue weighted by Crippen LogP contribution is -2.30. The van der Waals surface area contributed by atoms with Crippen LogP contribution in [0.5, 0.6) is 0 Å². The molecule has 1 aromatic carbocycles. The van der Waals surface area contributed by atoms with Gasteiger partial charge in [0, 0.05) is 23.6 Å². The summed E-state index contributed by atoms with van der Waals surface area (Å²) in [6.07, 6.45) is 1.10. The average molecular weight is 269 g/mol. The van der Waals surface area contributed by atoms with Crippen molar-refractivity contribution in [1.29, 1.82) is 0 Å². The Morgan fingerprint density at radius 1 is 1.33 bits per heavy atom. The quantitative estimate of drug-likeness (QED) is 0.888. The van der Waals surface area contributed by atoms with E-state index >= 15 is 0 Å². The van der Waals surface area contributed by atoms with Crippen molar-refractivity contribution in [2.45, 2.75) is 12.5 Å². The Hall–Kier alpha value is -0.380. The van der Waals surface area contributed by atoms with Gasteiger partial charge < -0.3 is 10.6 Å². The van der Waals surface area contributed by atoms with Gasteiger partial charge >= 0.3 is 0 Å². The molecule has 2 nitrogen and oxygen atoms in total. The highest BCUT2D eigenvalue weighted by molar-refractivity contribution is 9.10. The molecule has 0 bridgehead atoms. The van der Waals surface area contributed by atoms with Crippen molar-refractivity contribution in [3.05, 3.63) is 34.3 Å². The van der Waals surface area contributed by atoms with E-state index in [4.69, 9.17) is 5.73 Å². The van der Waals surface area contributed by atoms with Crippen LogP contribution >= 0.6 is 15.9 Å². The zero-order valence-corrected chi connectivity index (χ0v) is 10.6. The molecule has 15 heavy (non-hydrogen) atoms. The SMILES string of the molecule is CN1CC(N)C(Cc2ccc(Br)cc2)C1. The van der Waals surface area contributed by atoms with Gasteiger partial charge in [-0.1, -0.05) is 28.1 Å². The fourth-order valence-corrected chi connectivity index (χ4v) is 2.52. The molecule has 0 aromatic heterocycles. The molecule has 1 aromatic rings. The molecule has 0 aliphatic carbocycles. The summed E-state index contributed by atoms with van der Waals surface area (Å²) in [5.41, 5.74) is 7.48. The van der Waals surface area contributed by atoms with Crippen LogP contribution in [-0.2, 0) is 6.42 Å². The van der Waals surface area contributed by atoms with Crippen LogP contribution in [0.1, 0.15) is 5.56 Å². The third kappa shape index (κ3) is 2.80. The Kier molecular flexibility index (Phi) is 3.44. The van der Waals surface area contributed by atoms with Gasteiger partial charge in [-0.2, -0.15) is 0 Å². The van der Waals surface area contributed by atoms with Crippen LogP contribution in [0, 0.1) is 5.92 Å². The largest absolute Gasteiger partial charge is 0.326 e.